The first kappa shape index (κ1) is 14.8. The third-order valence-corrected chi connectivity index (χ3v) is 4.96. The molecule has 3 heterocycles. The number of hydrogen-bond acceptors (Lipinski definition) is 3. The van der Waals surface area contributed by atoms with Crippen molar-refractivity contribution in [2.24, 2.45) is 5.92 Å². The van der Waals surface area contributed by atoms with Crippen molar-refractivity contribution in [3.05, 3.63) is 22.3 Å². The Morgan fingerprint density at radius 3 is 2.76 bits per heavy atom. The van der Waals surface area contributed by atoms with E-state index in [1.54, 1.807) is 0 Å². The van der Waals surface area contributed by atoms with Crippen LogP contribution in [0.4, 0.5) is 5.82 Å². The zero-order valence-electron chi connectivity index (χ0n) is 12.5. The van der Waals surface area contributed by atoms with Crippen molar-refractivity contribution in [2.45, 2.75) is 32.6 Å². The number of halogens is 1. The first-order chi connectivity index (χ1) is 10.1. The molecule has 0 bridgehead atoms. The quantitative estimate of drug-likeness (QED) is 0.821. The number of hydrogen-bond donors (Lipinski definition) is 0. The maximum atomic E-state index is 12.6. The molecule has 2 aliphatic rings. The Labute approximate surface area is 134 Å². The Morgan fingerprint density at radius 2 is 2.05 bits per heavy atom. The molecule has 1 unspecified atom stereocenters. The molecule has 21 heavy (non-hydrogen) atoms. The van der Waals surface area contributed by atoms with Gasteiger partial charge < -0.3 is 9.80 Å². The van der Waals surface area contributed by atoms with E-state index >= 15 is 0 Å². The molecule has 5 heteroatoms. The number of piperidine rings is 1. The van der Waals surface area contributed by atoms with Gasteiger partial charge in [-0.05, 0) is 60.2 Å². The number of nitrogens with zero attached hydrogens (tertiary/aromatic N) is 3. The van der Waals surface area contributed by atoms with E-state index in [4.69, 9.17) is 0 Å². The Balaban J connectivity index is 1.66. The first-order valence-corrected chi connectivity index (χ1v) is 8.60. The molecule has 0 saturated carbocycles. The molecule has 0 aliphatic carbocycles. The van der Waals surface area contributed by atoms with E-state index in [-0.39, 0.29) is 5.92 Å². The average Bonchev–Trinajstić information content (AvgIpc) is 2.97. The van der Waals surface area contributed by atoms with Crippen LogP contribution in [0, 0.1) is 12.8 Å². The van der Waals surface area contributed by atoms with Crippen molar-refractivity contribution < 1.29 is 4.79 Å². The lowest BCUT2D eigenvalue weighted by molar-refractivity contribution is -0.135. The van der Waals surface area contributed by atoms with Gasteiger partial charge in [-0.25, -0.2) is 4.98 Å². The molecular formula is C16H22BrN3O. The number of likely N-dealkylation sites (tertiary alicyclic amines) is 1. The van der Waals surface area contributed by atoms with Crippen molar-refractivity contribution >= 4 is 27.7 Å². The molecular weight excluding hydrogens is 330 g/mol. The second kappa shape index (κ2) is 6.34. The predicted molar refractivity (Wildman–Crippen MR) is 87.4 cm³/mol. The maximum absolute atomic E-state index is 12.6. The number of carbonyl (C=O) groups is 1. The van der Waals surface area contributed by atoms with E-state index in [9.17, 15) is 4.79 Å². The fourth-order valence-electron chi connectivity index (χ4n) is 3.39. The van der Waals surface area contributed by atoms with Gasteiger partial charge in [0.25, 0.3) is 0 Å². The van der Waals surface area contributed by atoms with Crippen LogP contribution in [0.5, 0.6) is 0 Å². The van der Waals surface area contributed by atoms with Gasteiger partial charge >= 0.3 is 0 Å². The SMILES string of the molecule is Cc1cc(Br)cnc1N1CCC(C(=O)N2CCCCC2)C1. The molecule has 1 aromatic rings. The number of aryl methyl sites for hydroxylation is 1. The molecule has 1 atom stereocenters. The van der Waals surface area contributed by atoms with Crippen molar-refractivity contribution in [3.8, 4) is 0 Å². The fourth-order valence-corrected chi connectivity index (χ4v) is 3.84. The summed E-state index contributed by atoms with van der Waals surface area (Å²) in [4.78, 5) is 21.4. The normalized spacial score (nSPS) is 22.7. The number of rotatable bonds is 2. The molecule has 0 radical (unpaired) electrons. The smallest absolute Gasteiger partial charge is 0.227 e. The van der Waals surface area contributed by atoms with Crippen LogP contribution in [0.2, 0.25) is 0 Å². The highest BCUT2D eigenvalue weighted by Gasteiger charge is 2.32. The van der Waals surface area contributed by atoms with E-state index < -0.39 is 0 Å². The van der Waals surface area contributed by atoms with Gasteiger partial charge in [0, 0.05) is 36.8 Å². The monoisotopic (exact) mass is 351 g/mol. The van der Waals surface area contributed by atoms with Gasteiger partial charge in [-0.15, -0.1) is 0 Å². The maximum Gasteiger partial charge on any atom is 0.227 e. The second-order valence-corrected chi connectivity index (χ2v) is 7.03. The minimum absolute atomic E-state index is 0.146. The number of pyridine rings is 1. The third kappa shape index (κ3) is 3.23. The Bertz CT molecular complexity index is 528. The fraction of sp³-hybridized carbons (Fsp3) is 0.625. The highest BCUT2D eigenvalue weighted by atomic mass is 79.9. The van der Waals surface area contributed by atoms with E-state index in [0.29, 0.717) is 5.91 Å². The topological polar surface area (TPSA) is 36.4 Å². The summed E-state index contributed by atoms with van der Waals surface area (Å²) in [6.07, 6.45) is 6.38. The Kier molecular flexibility index (Phi) is 4.48. The van der Waals surface area contributed by atoms with Gasteiger partial charge in [-0.2, -0.15) is 0 Å². The van der Waals surface area contributed by atoms with Gasteiger partial charge in [0.1, 0.15) is 5.82 Å². The zero-order chi connectivity index (χ0) is 14.8. The van der Waals surface area contributed by atoms with Crippen LogP contribution in [-0.4, -0.2) is 42.0 Å². The number of carbonyl (C=O) groups excluding carboxylic acids is 1. The van der Waals surface area contributed by atoms with E-state index in [2.05, 4.69) is 43.7 Å². The van der Waals surface area contributed by atoms with Gasteiger partial charge in [0.15, 0.2) is 0 Å². The third-order valence-electron chi connectivity index (χ3n) is 4.52. The summed E-state index contributed by atoms with van der Waals surface area (Å²) in [6.45, 7) is 5.72. The standard InChI is InChI=1S/C16H22BrN3O/c1-12-9-14(17)10-18-15(12)20-8-5-13(11-20)16(21)19-6-3-2-4-7-19/h9-10,13H,2-8,11H2,1H3. The lowest BCUT2D eigenvalue weighted by Gasteiger charge is -2.29. The van der Waals surface area contributed by atoms with Gasteiger partial charge in [-0.3, -0.25) is 4.79 Å². The lowest BCUT2D eigenvalue weighted by atomic mass is 10.0. The molecule has 2 fully saturated rings. The van der Waals surface area contributed by atoms with Gasteiger partial charge in [-0.1, -0.05) is 0 Å². The van der Waals surface area contributed by atoms with Gasteiger partial charge in [0.05, 0.1) is 5.92 Å². The highest BCUT2D eigenvalue weighted by molar-refractivity contribution is 9.10. The minimum atomic E-state index is 0.146. The largest absolute Gasteiger partial charge is 0.356 e. The predicted octanol–water partition coefficient (Wildman–Crippen LogP) is 2.99. The molecule has 1 aromatic heterocycles. The van der Waals surface area contributed by atoms with Crippen molar-refractivity contribution in [2.75, 3.05) is 31.1 Å². The average molecular weight is 352 g/mol. The van der Waals surface area contributed by atoms with Crippen LogP contribution in [0.1, 0.15) is 31.2 Å². The van der Waals surface area contributed by atoms with Crippen molar-refractivity contribution in [3.63, 3.8) is 0 Å². The van der Waals surface area contributed by atoms with E-state index in [1.165, 1.54) is 6.42 Å². The molecule has 114 valence electrons. The van der Waals surface area contributed by atoms with Crippen LogP contribution in [0.15, 0.2) is 16.7 Å². The summed E-state index contributed by atoms with van der Waals surface area (Å²) in [5.41, 5.74) is 1.16. The first-order valence-electron chi connectivity index (χ1n) is 7.81. The Hall–Kier alpha value is -1.10. The summed E-state index contributed by atoms with van der Waals surface area (Å²) in [6, 6.07) is 2.09. The molecule has 1 amide bonds. The van der Waals surface area contributed by atoms with Crippen molar-refractivity contribution in [1.29, 1.82) is 0 Å². The van der Waals surface area contributed by atoms with Crippen LogP contribution in [0.3, 0.4) is 0 Å². The Morgan fingerprint density at radius 1 is 1.29 bits per heavy atom. The lowest BCUT2D eigenvalue weighted by Crippen LogP contribution is -2.40. The summed E-state index contributed by atoms with van der Waals surface area (Å²) in [5, 5.41) is 0. The molecule has 0 N–H and O–H groups in total. The van der Waals surface area contributed by atoms with Crippen LogP contribution in [0.25, 0.3) is 0 Å². The highest BCUT2D eigenvalue weighted by Crippen LogP contribution is 2.28. The molecule has 2 aliphatic heterocycles. The van der Waals surface area contributed by atoms with Crippen molar-refractivity contribution in [1.82, 2.24) is 9.88 Å². The summed E-state index contributed by atoms with van der Waals surface area (Å²) >= 11 is 3.45. The minimum Gasteiger partial charge on any atom is -0.356 e. The summed E-state index contributed by atoms with van der Waals surface area (Å²) < 4.78 is 1.00. The number of amides is 1. The van der Waals surface area contributed by atoms with Crippen LogP contribution >= 0.6 is 15.9 Å². The second-order valence-electron chi connectivity index (χ2n) is 6.11. The van der Waals surface area contributed by atoms with E-state index in [0.717, 1.165) is 61.3 Å². The molecule has 0 spiro atoms. The molecule has 2 saturated heterocycles. The number of aromatic nitrogens is 1. The molecule has 3 rings (SSSR count). The van der Waals surface area contributed by atoms with E-state index in [1.807, 2.05) is 6.20 Å². The summed E-state index contributed by atoms with van der Waals surface area (Å²) in [5.74, 6) is 1.52. The number of anilines is 1. The van der Waals surface area contributed by atoms with Crippen LogP contribution in [-0.2, 0) is 4.79 Å². The van der Waals surface area contributed by atoms with Gasteiger partial charge in [0.2, 0.25) is 5.91 Å². The zero-order valence-corrected chi connectivity index (χ0v) is 14.1. The summed E-state index contributed by atoms with van der Waals surface area (Å²) in [7, 11) is 0. The van der Waals surface area contributed by atoms with Crippen LogP contribution < -0.4 is 4.90 Å². The molecule has 4 nitrogen and oxygen atoms in total. The molecule has 0 aromatic carbocycles.